The number of halogens is 2. The molecular formula is C18H20BrClO. The SMILES string of the molecule is Cc1ccc(Oc2cccc(Cl)c2CBr)c(C(C)(C)C)c1. The lowest BCUT2D eigenvalue weighted by atomic mass is 9.85. The van der Waals surface area contributed by atoms with Gasteiger partial charge in [0.1, 0.15) is 11.5 Å². The Balaban J connectivity index is 2.48. The van der Waals surface area contributed by atoms with Crippen molar-refractivity contribution < 1.29 is 4.74 Å². The maximum absolute atomic E-state index is 6.24. The summed E-state index contributed by atoms with van der Waals surface area (Å²) in [6, 6.07) is 12.0. The van der Waals surface area contributed by atoms with Crippen molar-refractivity contribution in [1.29, 1.82) is 0 Å². The normalized spacial score (nSPS) is 11.5. The van der Waals surface area contributed by atoms with Crippen LogP contribution < -0.4 is 4.74 Å². The molecule has 0 aliphatic carbocycles. The van der Waals surface area contributed by atoms with Crippen LogP contribution in [0.3, 0.4) is 0 Å². The molecule has 0 radical (unpaired) electrons. The lowest BCUT2D eigenvalue weighted by Gasteiger charge is -2.24. The van der Waals surface area contributed by atoms with Gasteiger partial charge in [0.2, 0.25) is 0 Å². The molecule has 2 rings (SSSR count). The second-order valence-corrected chi connectivity index (χ2v) is 7.17. The first-order valence-corrected chi connectivity index (χ1v) is 8.45. The van der Waals surface area contributed by atoms with E-state index >= 15 is 0 Å². The molecule has 21 heavy (non-hydrogen) atoms. The Morgan fingerprint density at radius 2 is 1.81 bits per heavy atom. The monoisotopic (exact) mass is 366 g/mol. The van der Waals surface area contributed by atoms with Crippen LogP contribution in [0.15, 0.2) is 36.4 Å². The molecule has 0 atom stereocenters. The van der Waals surface area contributed by atoms with Crippen LogP contribution in [0, 0.1) is 6.92 Å². The Hall–Kier alpha value is -0.990. The van der Waals surface area contributed by atoms with E-state index in [1.54, 1.807) is 0 Å². The average molecular weight is 368 g/mol. The number of hydrogen-bond acceptors (Lipinski definition) is 1. The first kappa shape index (κ1) is 16.4. The van der Waals surface area contributed by atoms with Gasteiger partial charge < -0.3 is 4.74 Å². The Morgan fingerprint density at radius 3 is 2.43 bits per heavy atom. The summed E-state index contributed by atoms with van der Waals surface area (Å²) >= 11 is 9.72. The van der Waals surface area contributed by atoms with Crippen molar-refractivity contribution >= 4 is 27.5 Å². The van der Waals surface area contributed by atoms with Crippen molar-refractivity contribution in [1.82, 2.24) is 0 Å². The molecule has 0 fully saturated rings. The molecule has 0 saturated heterocycles. The Kier molecular flexibility index (Phi) is 5.00. The molecule has 2 aromatic carbocycles. The molecular weight excluding hydrogens is 348 g/mol. The molecule has 0 amide bonds. The molecule has 0 saturated carbocycles. The van der Waals surface area contributed by atoms with E-state index in [9.17, 15) is 0 Å². The van der Waals surface area contributed by atoms with Gasteiger partial charge in [-0.3, -0.25) is 0 Å². The van der Waals surface area contributed by atoms with E-state index in [1.165, 1.54) is 11.1 Å². The number of ether oxygens (including phenoxy) is 1. The van der Waals surface area contributed by atoms with Crippen molar-refractivity contribution in [2.45, 2.75) is 38.4 Å². The molecule has 2 aromatic rings. The molecule has 0 aliphatic heterocycles. The van der Waals surface area contributed by atoms with Gasteiger partial charge in [0.05, 0.1) is 0 Å². The van der Waals surface area contributed by atoms with E-state index in [0.29, 0.717) is 10.4 Å². The Bertz CT molecular complexity index is 644. The Labute approximate surface area is 140 Å². The standard InChI is InChI=1S/C18H20BrClO/c1-12-8-9-17(14(10-12)18(2,3)4)21-16-7-5-6-15(20)13(16)11-19/h5-10H,11H2,1-4H3. The van der Waals surface area contributed by atoms with Gasteiger partial charge in [-0.1, -0.05) is 72.1 Å². The van der Waals surface area contributed by atoms with Crippen LogP contribution in [0.25, 0.3) is 0 Å². The molecule has 3 heteroatoms. The molecule has 0 aromatic heterocycles. The topological polar surface area (TPSA) is 9.23 Å². The highest BCUT2D eigenvalue weighted by molar-refractivity contribution is 9.08. The number of hydrogen-bond donors (Lipinski definition) is 0. The van der Waals surface area contributed by atoms with Gasteiger partial charge in [-0.25, -0.2) is 0 Å². The van der Waals surface area contributed by atoms with E-state index in [4.69, 9.17) is 16.3 Å². The fourth-order valence-corrected chi connectivity index (χ4v) is 3.17. The number of alkyl halides is 1. The fraction of sp³-hybridized carbons (Fsp3) is 0.333. The lowest BCUT2D eigenvalue weighted by molar-refractivity contribution is 0.452. The number of rotatable bonds is 3. The predicted octanol–water partition coefficient (Wildman–Crippen LogP) is 6.63. The van der Waals surface area contributed by atoms with Gasteiger partial charge in [-0.15, -0.1) is 0 Å². The molecule has 112 valence electrons. The second kappa shape index (κ2) is 6.41. The molecule has 0 unspecified atom stereocenters. The number of aryl methyl sites for hydroxylation is 1. The minimum Gasteiger partial charge on any atom is -0.457 e. The van der Waals surface area contributed by atoms with Crippen LogP contribution in [0.1, 0.15) is 37.5 Å². The summed E-state index contributed by atoms with van der Waals surface area (Å²) < 4.78 is 6.18. The molecule has 0 spiro atoms. The predicted molar refractivity (Wildman–Crippen MR) is 94.0 cm³/mol. The summed E-state index contributed by atoms with van der Waals surface area (Å²) in [5.74, 6) is 1.69. The molecule has 0 heterocycles. The highest BCUT2D eigenvalue weighted by Gasteiger charge is 2.20. The van der Waals surface area contributed by atoms with Gasteiger partial charge >= 0.3 is 0 Å². The first-order chi connectivity index (χ1) is 9.82. The first-order valence-electron chi connectivity index (χ1n) is 6.95. The van der Waals surface area contributed by atoms with Gasteiger partial charge in [0.15, 0.2) is 0 Å². The zero-order chi connectivity index (χ0) is 15.6. The van der Waals surface area contributed by atoms with Gasteiger partial charge in [0.25, 0.3) is 0 Å². The van der Waals surface area contributed by atoms with Crippen LogP contribution in [0.5, 0.6) is 11.5 Å². The summed E-state index contributed by atoms with van der Waals surface area (Å²) in [6.07, 6.45) is 0. The summed E-state index contributed by atoms with van der Waals surface area (Å²) in [5, 5.41) is 1.38. The van der Waals surface area contributed by atoms with Crippen LogP contribution >= 0.6 is 27.5 Å². The van der Waals surface area contributed by atoms with Gasteiger partial charge in [-0.05, 0) is 30.5 Å². The van der Waals surface area contributed by atoms with Crippen molar-refractivity contribution in [3.8, 4) is 11.5 Å². The van der Waals surface area contributed by atoms with Gasteiger partial charge in [-0.2, -0.15) is 0 Å². The van der Waals surface area contributed by atoms with Crippen molar-refractivity contribution in [2.75, 3.05) is 0 Å². The highest BCUT2D eigenvalue weighted by atomic mass is 79.9. The third-order valence-corrected chi connectivity index (χ3v) is 4.29. The molecule has 1 nitrogen and oxygen atoms in total. The minimum absolute atomic E-state index is 0.0223. The maximum atomic E-state index is 6.24. The molecule has 0 N–H and O–H groups in total. The highest BCUT2D eigenvalue weighted by Crippen LogP contribution is 2.37. The van der Waals surface area contributed by atoms with Crippen LogP contribution in [-0.4, -0.2) is 0 Å². The summed E-state index contributed by atoms with van der Waals surface area (Å²) in [5.41, 5.74) is 3.43. The third-order valence-electron chi connectivity index (χ3n) is 3.37. The average Bonchev–Trinajstić information content (AvgIpc) is 2.40. The second-order valence-electron chi connectivity index (χ2n) is 6.20. The van der Waals surface area contributed by atoms with Crippen LogP contribution in [-0.2, 0) is 10.7 Å². The van der Waals surface area contributed by atoms with E-state index in [-0.39, 0.29) is 5.41 Å². The van der Waals surface area contributed by atoms with Crippen molar-refractivity contribution in [2.24, 2.45) is 0 Å². The van der Waals surface area contributed by atoms with Crippen LogP contribution in [0.4, 0.5) is 0 Å². The van der Waals surface area contributed by atoms with E-state index in [2.05, 4.69) is 55.8 Å². The molecule has 0 bridgehead atoms. The van der Waals surface area contributed by atoms with Crippen LogP contribution in [0.2, 0.25) is 5.02 Å². The number of benzene rings is 2. The Morgan fingerprint density at radius 1 is 1.10 bits per heavy atom. The largest absolute Gasteiger partial charge is 0.457 e. The van der Waals surface area contributed by atoms with E-state index in [0.717, 1.165) is 17.1 Å². The summed E-state index contributed by atoms with van der Waals surface area (Å²) in [7, 11) is 0. The molecule has 0 aliphatic rings. The summed E-state index contributed by atoms with van der Waals surface area (Å²) in [4.78, 5) is 0. The zero-order valence-electron chi connectivity index (χ0n) is 12.8. The quantitative estimate of drug-likeness (QED) is 0.553. The minimum atomic E-state index is 0.0223. The van der Waals surface area contributed by atoms with E-state index < -0.39 is 0 Å². The smallest absolute Gasteiger partial charge is 0.132 e. The maximum Gasteiger partial charge on any atom is 0.132 e. The zero-order valence-corrected chi connectivity index (χ0v) is 15.2. The van der Waals surface area contributed by atoms with Crippen molar-refractivity contribution in [3.05, 3.63) is 58.1 Å². The van der Waals surface area contributed by atoms with Gasteiger partial charge in [0, 0.05) is 21.5 Å². The fourth-order valence-electron chi connectivity index (χ4n) is 2.20. The lowest BCUT2D eigenvalue weighted by Crippen LogP contribution is -2.13. The van der Waals surface area contributed by atoms with E-state index in [1.807, 2.05) is 24.3 Å². The van der Waals surface area contributed by atoms with Crippen molar-refractivity contribution in [3.63, 3.8) is 0 Å². The third kappa shape index (κ3) is 3.81. The summed E-state index contributed by atoms with van der Waals surface area (Å²) in [6.45, 7) is 8.68.